The summed E-state index contributed by atoms with van der Waals surface area (Å²) in [4.78, 5) is 4.12. The Labute approximate surface area is 74.0 Å². The van der Waals surface area contributed by atoms with Gasteiger partial charge in [0.1, 0.15) is 0 Å². The molecule has 0 aliphatic rings. The number of pyridine rings is 1. The van der Waals surface area contributed by atoms with Crippen molar-refractivity contribution < 1.29 is 4.74 Å². The van der Waals surface area contributed by atoms with Gasteiger partial charge in [-0.25, -0.2) is 4.98 Å². The first-order chi connectivity index (χ1) is 5.24. The third-order valence-corrected chi connectivity index (χ3v) is 1.62. The average Bonchev–Trinajstić information content (AvgIpc) is 2.05. The third kappa shape index (κ3) is 2.05. The Bertz CT molecular complexity index is 273. The smallest absolute Gasteiger partial charge is 0.213 e. The third-order valence-electron chi connectivity index (χ3n) is 1.21. The Morgan fingerprint density at radius 2 is 2.36 bits per heavy atom. The summed E-state index contributed by atoms with van der Waals surface area (Å²) in [5.74, 6) is 0.600. The van der Waals surface area contributed by atoms with Gasteiger partial charge in [0.05, 0.1) is 12.8 Å². The highest BCUT2D eigenvalue weighted by molar-refractivity contribution is 9.15. The number of methoxy groups -OCH3 is 1. The normalized spacial score (nSPS) is 9.27. The molecule has 0 saturated heterocycles. The minimum absolute atomic E-state index is 0.600. The number of ether oxygens (including phenoxy) is 1. The van der Waals surface area contributed by atoms with E-state index in [1.807, 2.05) is 12.1 Å². The molecule has 3 heteroatoms. The molecular weight excluding hydrogens is 206 g/mol. The van der Waals surface area contributed by atoms with Crippen LogP contribution in [-0.2, 0) is 0 Å². The zero-order chi connectivity index (χ0) is 8.27. The van der Waals surface area contributed by atoms with Crippen LogP contribution in [0.5, 0.6) is 5.88 Å². The van der Waals surface area contributed by atoms with Crippen LogP contribution in [0.4, 0.5) is 0 Å². The van der Waals surface area contributed by atoms with Crippen molar-refractivity contribution in [3.8, 4) is 5.88 Å². The predicted octanol–water partition coefficient (Wildman–Crippen LogP) is 2.46. The van der Waals surface area contributed by atoms with Crippen LogP contribution in [0.1, 0.15) is 5.69 Å². The van der Waals surface area contributed by atoms with E-state index in [1.165, 1.54) is 0 Å². The summed E-state index contributed by atoms with van der Waals surface area (Å²) >= 11 is 3.23. The second kappa shape index (κ2) is 3.53. The van der Waals surface area contributed by atoms with E-state index in [0.29, 0.717) is 5.88 Å². The van der Waals surface area contributed by atoms with Crippen LogP contribution in [0.3, 0.4) is 0 Å². The number of rotatable bonds is 2. The summed E-state index contributed by atoms with van der Waals surface area (Å²) in [6.45, 7) is 3.70. The molecule has 0 atom stereocenters. The topological polar surface area (TPSA) is 22.1 Å². The molecule has 0 aromatic carbocycles. The predicted molar refractivity (Wildman–Crippen MR) is 48.8 cm³/mol. The monoisotopic (exact) mass is 213 g/mol. The summed E-state index contributed by atoms with van der Waals surface area (Å²) in [6.07, 6.45) is 0. The fourth-order valence-corrected chi connectivity index (χ4v) is 0.900. The molecular formula is C8H8BrNO. The Balaban J connectivity index is 3.01. The first kappa shape index (κ1) is 8.27. The molecule has 0 fully saturated rings. The molecule has 1 rings (SSSR count). The second-order valence-electron chi connectivity index (χ2n) is 1.97. The van der Waals surface area contributed by atoms with Crippen LogP contribution in [-0.4, -0.2) is 12.1 Å². The van der Waals surface area contributed by atoms with E-state index in [-0.39, 0.29) is 0 Å². The molecule has 0 bridgehead atoms. The maximum Gasteiger partial charge on any atom is 0.213 e. The summed E-state index contributed by atoms with van der Waals surface area (Å²) in [7, 11) is 1.59. The molecule has 0 radical (unpaired) electrons. The van der Waals surface area contributed by atoms with E-state index < -0.39 is 0 Å². The zero-order valence-electron chi connectivity index (χ0n) is 6.17. The highest BCUT2D eigenvalue weighted by Crippen LogP contribution is 2.18. The number of hydrogen-bond acceptors (Lipinski definition) is 2. The van der Waals surface area contributed by atoms with Crippen LogP contribution < -0.4 is 4.74 Å². The summed E-state index contributed by atoms with van der Waals surface area (Å²) in [5, 5.41) is 0. The van der Waals surface area contributed by atoms with Gasteiger partial charge in [-0.15, -0.1) is 0 Å². The van der Waals surface area contributed by atoms with Crippen molar-refractivity contribution in [2.45, 2.75) is 0 Å². The Kier molecular flexibility index (Phi) is 2.65. The molecule has 0 saturated carbocycles. The zero-order valence-corrected chi connectivity index (χ0v) is 7.76. The van der Waals surface area contributed by atoms with Gasteiger partial charge in [-0.1, -0.05) is 12.6 Å². The largest absolute Gasteiger partial charge is 0.481 e. The molecule has 1 aromatic heterocycles. The van der Waals surface area contributed by atoms with Crippen LogP contribution in [0.25, 0.3) is 4.48 Å². The first-order valence-corrected chi connectivity index (χ1v) is 3.89. The maximum atomic E-state index is 4.93. The number of aromatic nitrogens is 1. The highest BCUT2D eigenvalue weighted by atomic mass is 79.9. The lowest BCUT2D eigenvalue weighted by Gasteiger charge is -2.00. The van der Waals surface area contributed by atoms with Gasteiger partial charge in [-0.05, 0) is 22.0 Å². The Hall–Kier alpha value is -0.830. The van der Waals surface area contributed by atoms with E-state index in [9.17, 15) is 0 Å². The van der Waals surface area contributed by atoms with E-state index in [2.05, 4.69) is 27.5 Å². The first-order valence-electron chi connectivity index (χ1n) is 3.10. The Morgan fingerprint density at radius 1 is 1.64 bits per heavy atom. The van der Waals surface area contributed by atoms with Crippen LogP contribution in [0.15, 0.2) is 24.8 Å². The fourth-order valence-electron chi connectivity index (χ4n) is 0.680. The van der Waals surface area contributed by atoms with Gasteiger partial charge in [-0.3, -0.25) is 0 Å². The molecule has 2 nitrogen and oxygen atoms in total. The van der Waals surface area contributed by atoms with Crippen molar-refractivity contribution in [1.29, 1.82) is 0 Å². The SMILES string of the molecule is C=C(Br)c1cccc(OC)n1. The van der Waals surface area contributed by atoms with Crippen molar-refractivity contribution in [1.82, 2.24) is 4.98 Å². The van der Waals surface area contributed by atoms with Gasteiger partial charge in [0.15, 0.2) is 0 Å². The number of halogens is 1. The summed E-state index contributed by atoms with van der Waals surface area (Å²) in [6, 6.07) is 5.52. The van der Waals surface area contributed by atoms with Crippen molar-refractivity contribution in [2.24, 2.45) is 0 Å². The minimum Gasteiger partial charge on any atom is -0.481 e. The van der Waals surface area contributed by atoms with E-state index in [4.69, 9.17) is 4.74 Å². The maximum absolute atomic E-state index is 4.93. The van der Waals surface area contributed by atoms with Gasteiger partial charge in [0.25, 0.3) is 0 Å². The fraction of sp³-hybridized carbons (Fsp3) is 0.125. The van der Waals surface area contributed by atoms with E-state index >= 15 is 0 Å². The molecule has 0 amide bonds. The number of hydrogen-bond donors (Lipinski definition) is 0. The standard InChI is InChI=1S/C8H8BrNO/c1-6(9)7-4-3-5-8(10-7)11-2/h3-5H,1H2,2H3. The van der Waals surface area contributed by atoms with Crippen molar-refractivity contribution in [3.05, 3.63) is 30.5 Å². The van der Waals surface area contributed by atoms with Crippen molar-refractivity contribution >= 4 is 20.4 Å². The number of nitrogens with zero attached hydrogens (tertiary/aromatic N) is 1. The molecule has 0 N–H and O–H groups in total. The lowest BCUT2D eigenvalue weighted by molar-refractivity contribution is 0.397. The highest BCUT2D eigenvalue weighted by Gasteiger charge is 1.97. The van der Waals surface area contributed by atoms with Crippen molar-refractivity contribution in [3.63, 3.8) is 0 Å². The lowest BCUT2D eigenvalue weighted by atomic mass is 10.3. The lowest BCUT2D eigenvalue weighted by Crippen LogP contribution is -1.89. The summed E-state index contributed by atoms with van der Waals surface area (Å²) in [5.41, 5.74) is 0.796. The van der Waals surface area contributed by atoms with Crippen LogP contribution in [0.2, 0.25) is 0 Å². The molecule has 1 aromatic rings. The van der Waals surface area contributed by atoms with E-state index in [1.54, 1.807) is 13.2 Å². The van der Waals surface area contributed by atoms with Gasteiger partial charge in [0.2, 0.25) is 5.88 Å². The van der Waals surface area contributed by atoms with Gasteiger partial charge in [-0.2, -0.15) is 0 Å². The average molecular weight is 214 g/mol. The summed E-state index contributed by atoms with van der Waals surface area (Å²) < 4.78 is 5.69. The van der Waals surface area contributed by atoms with Gasteiger partial charge < -0.3 is 4.74 Å². The molecule has 0 aliphatic heterocycles. The quantitative estimate of drug-likeness (QED) is 0.754. The molecule has 0 unspecified atom stereocenters. The van der Waals surface area contributed by atoms with Crippen LogP contribution >= 0.6 is 15.9 Å². The van der Waals surface area contributed by atoms with Crippen molar-refractivity contribution in [2.75, 3.05) is 7.11 Å². The van der Waals surface area contributed by atoms with E-state index in [0.717, 1.165) is 10.2 Å². The Morgan fingerprint density at radius 3 is 2.91 bits per heavy atom. The molecule has 58 valence electrons. The minimum atomic E-state index is 0.600. The molecule has 1 heterocycles. The molecule has 11 heavy (non-hydrogen) atoms. The second-order valence-corrected chi connectivity index (χ2v) is 2.93. The van der Waals surface area contributed by atoms with Gasteiger partial charge >= 0.3 is 0 Å². The molecule has 0 aliphatic carbocycles. The van der Waals surface area contributed by atoms with Gasteiger partial charge in [0, 0.05) is 10.5 Å². The molecule has 0 spiro atoms. The van der Waals surface area contributed by atoms with Crippen LogP contribution in [0, 0.1) is 0 Å².